The number of ether oxygens (including phenoxy) is 2. The summed E-state index contributed by atoms with van der Waals surface area (Å²) in [5, 5.41) is 7.35. The maximum atomic E-state index is 11.3. The van der Waals surface area contributed by atoms with E-state index in [1.54, 1.807) is 20.4 Å². The molecule has 0 aliphatic rings. The third-order valence-corrected chi connectivity index (χ3v) is 4.67. The number of benzene rings is 2. The molecular weight excluding hydrogens is 354 g/mol. The number of nitrogens with zero attached hydrogens (tertiary/aromatic N) is 1. The normalized spacial score (nSPS) is 10.6. The number of carbonyl (C=O) groups excluding carboxylic acids is 1. The van der Waals surface area contributed by atoms with Gasteiger partial charge in [-0.3, -0.25) is 9.78 Å². The summed E-state index contributed by atoms with van der Waals surface area (Å²) in [5.41, 5.74) is 5.02. The molecular formula is C22H25N3O3. The number of carbonyl (C=O) groups is 1. The van der Waals surface area contributed by atoms with Crippen molar-refractivity contribution in [3.05, 3.63) is 53.7 Å². The van der Waals surface area contributed by atoms with Crippen LogP contribution in [0.4, 0.5) is 11.4 Å². The molecule has 146 valence electrons. The number of anilines is 2. The number of amides is 1. The quantitative estimate of drug-likeness (QED) is 0.644. The lowest BCUT2D eigenvalue weighted by Gasteiger charge is -2.17. The SMILES string of the molecule is CCc1c(CNC(C)=O)cccc1Nc1ccnc2cc(OC)c(OC)cc12. The Morgan fingerprint density at radius 2 is 1.82 bits per heavy atom. The standard InChI is InChI=1S/C22H25N3O3/c1-5-16-15(13-24-14(2)26)7-6-8-18(16)25-19-9-10-23-20-12-22(28-4)21(27-3)11-17(19)20/h6-12H,5,13H2,1-4H3,(H,23,25)(H,24,26). The summed E-state index contributed by atoms with van der Waals surface area (Å²) in [5.74, 6) is 1.26. The summed E-state index contributed by atoms with van der Waals surface area (Å²) in [6, 6.07) is 11.8. The Labute approximate surface area is 164 Å². The first-order chi connectivity index (χ1) is 13.6. The van der Waals surface area contributed by atoms with Crippen molar-refractivity contribution >= 4 is 28.2 Å². The van der Waals surface area contributed by atoms with Crippen molar-refractivity contribution < 1.29 is 14.3 Å². The predicted molar refractivity (Wildman–Crippen MR) is 111 cm³/mol. The van der Waals surface area contributed by atoms with E-state index in [0.717, 1.165) is 34.3 Å². The fraction of sp³-hybridized carbons (Fsp3) is 0.273. The Morgan fingerprint density at radius 3 is 2.50 bits per heavy atom. The minimum absolute atomic E-state index is 0.0402. The second-order valence-electron chi connectivity index (χ2n) is 6.41. The predicted octanol–water partition coefficient (Wildman–Crippen LogP) is 4.19. The summed E-state index contributed by atoms with van der Waals surface area (Å²) >= 11 is 0. The molecule has 0 fully saturated rings. The zero-order valence-corrected chi connectivity index (χ0v) is 16.6. The average molecular weight is 379 g/mol. The maximum absolute atomic E-state index is 11.3. The molecule has 0 saturated heterocycles. The van der Waals surface area contributed by atoms with E-state index in [4.69, 9.17) is 9.47 Å². The fourth-order valence-corrected chi connectivity index (χ4v) is 3.28. The number of pyridine rings is 1. The third kappa shape index (κ3) is 4.01. The Balaban J connectivity index is 2.03. The summed E-state index contributed by atoms with van der Waals surface area (Å²) < 4.78 is 10.8. The van der Waals surface area contributed by atoms with E-state index in [2.05, 4.69) is 22.5 Å². The van der Waals surface area contributed by atoms with Gasteiger partial charge in [0.25, 0.3) is 0 Å². The number of aromatic nitrogens is 1. The minimum atomic E-state index is -0.0402. The van der Waals surface area contributed by atoms with Gasteiger partial charge in [-0.1, -0.05) is 19.1 Å². The number of rotatable bonds is 7. The molecule has 2 N–H and O–H groups in total. The van der Waals surface area contributed by atoms with Crippen LogP contribution in [0.5, 0.6) is 11.5 Å². The van der Waals surface area contributed by atoms with Crippen molar-refractivity contribution in [1.82, 2.24) is 10.3 Å². The van der Waals surface area contributed by atoms with Gasteiger partial charge in [0.05, 0.1) is 19.7 Å². The number of nitrogens with one attached hydrogen (secondary N) is 2. The van der Waals surface area contributed by atoms with Crippen molar-refractivity contribution in [3.63, 3.8) is 0 Å². The molecule has 6 nitrogen and oxygen atoms in total. The van der Waals surface area contributed by atoms with Crippen molar-refractivity contribution in [2.24, 2.45) is 0 Å². The van der Waals surface area contributed by atoms with E-state index in [1.165, 1.54) is 12.5 Å². The molecule has 6 heteroatoms. The lowest BCUT2D eigenvalue weighted by Crippen LogP contribution is -2.20. The van der Waals surface area contributed by atoms with E-state index in [-0.39, 0.29) is 5.91 Å². The maximum Gasteiger partial charge on any atom is 0.217 e. The van der Waals surface area contributed by atoms with Crippen LogP contribution in [-0.2, 0) is 17.8 Å². The van der Waals surface area contributed by atoms with Crippen LogP contribution in [0.15, 0.2) is 42.6 Å². The van der Waals surface area contributed by atoms with Gasteiger partial charge in [0, 0.05) is 42.5 Å². The zero-order chi connectivity index (χ0) is 20.1. The molecule has 2 aromatic carbocycles. The summed E-state index contributed by atoms with van der Waals surface area (Å²) in [7, 11) is 3.23. The molecule has 3 rings (SSSR count). The monoisotopic (exact) mass is 379 g/mol. The van der Waals surface area contributed by atoms with Crippen molar-refractivity contribution in [1.29, 1.82) is 0 Å². The molecule has 1 aromatic heterocycles. The summed E-state index contributed by atoms with van der Waals surface area (Å²) in [6.45, 7) is 4.14. The molecule has 28 heavy (non-hydrogen) atoms. The minimum Gasteiger partial charge on any atom is -0.493 e. The van der Waals surface area contributed by atoms with Crippen LogP contribution < -0.4 is 20.1 Å². The molecule has 1 heterocycles. The molecule has 3 aromatic rings. The topological polar surface area (TPSA) is 72.5 Å². The third-order valence-electron chi connectivity index (χ3n) is 4.67. The molecule has 0 aliphatic heterocycles. The van der Waals surface area contributed by atoms with E-state index < -0.39 is 0 Å². The average Bonchev–Trinajstić information content (AvgIpc) is 2.71. The highest BCUT2D eigenvalue weighted by Gasteiger charge is 2.12. The van der Waals surface area contributed by atoms with Gasteiger partial charge in [0.2, 0.25) is 5.91 Å². The van der Waals surface area contributed by atoms with E-state index in [0.29, 0.717) is 18.0 Å². The molecule has 0 radical (unpaired) electrons. The molecule has 0 saturated carbocycles. The highest BCUT2D eigenvalue weighted by atomic mass is 16.5. The molecule has 0 aliphatic carbocycles. The second-order valence-corrected chi connectivity index (χ2v) is 6.41. The van der Waals surface area contributed by atoms with Gasteiger partial charge in [-0.15, -0.1) is 0 Å². The van der Waals surface area contributed by atoms with Crippen LogP contribution >= 0.6 is 0 Å². The van der Waals surface area contributed by atoms with E-state index >= 15 is 0 Å². The Morgan fingerprint density at radius 1 is 1.07 bits per heavy atom. The van der Waals surface area contributed by atoms with Crippen molar-refractivity contribution in [2.75, 3.05) is 19.5 Å². The summed E-state index contributed by atoms with van der Waals surface area (Å²) in [4.78, 5) is 15.7. The number of hydrogen-bond donors (Lipinski definition) is 2. The smallest absolute Gasteiger partial charge is 0.217 e. The molecule has 0 bridgehead atoms. The highest BCUT2D eigenvalue weighted by molar-refractivity contribution is 5.95. The Kier molecular flexibility index (Phi) is 5.99. The number of fused-ring (bicyclic) bond motifs is 1. The van der Waals surface area contributed by atoms with Gasteiger partial charge in [-0.05, 0) is 35.7 Å². The van der Waals surface area contributed by atoms with Crippen LogP contribution in [-0.4, -0.2) is 25.1 Å². The van der Waals surface area contributed by atoms with Gasteiger partial charge in [-0.25, -0.2) is 0 Å². The van der Waals surface area contributed by atoms with Crippen LogP contribution in [0.2, 0.25) is 0 Å². The van der Waals surface area contributed by atoms with Gasteiger partial charge in [0.1, 0.15) is 0 Å². The van der Waals surface area contributed by atoms with Crippen LogP contribution in [0.3, 0.4) is 0 Å². The van der Waals surface area contributed by atoms with Gasteiger partial charge in [0.15, 0.2) is 11.5 Å². The first-order valence-corrected chi connectivity index (χ1v) is 9.20. The Bertz CT molecular complexity index is 1000. The Hall–Kier alpha value is -3.28. The van der Waals surface area contributed by atoms with Crippen LogP contribution in [0, 0.1) is 0 Å². The van der Waals surface area contributed by atoms with Gasteiger partial charge in [-0.2, -0.15) is 0 Å². The molecule has 0 spiro atoms. The van der Waals surface area contributed by atoms with Crippen molar-refractivity contribution in [3.8, 4) is 11.5 Å². The fourth-order valence-electron chi connectivity index (χ4n) is 3.28. The van der Waals surface area contributed by atoms with Crippen LogP contribution in [0.1, 0.15) is 25.0 Å². The van der Waals surface area contributed by atoms with Gasteiger partial charge < -0.3 is 20.1 Å². The lowest BCUT2D eigenvalue weighted by atomic mass is 10.0. The lowest BCUT2D eigenvalue weighted by molar-refractivity contribution is -0.119. The first kappa shape index (κ1) is 19.5. The second kappa shape index (κ2) is 8.61. The number of hydrogen-bond acceptors (Lipinski definition) is 5. The molecule has 0 atom stereocenters. The van der Waals surface area contributed by atoms with Gasteiger partial charge >= 0.3 is 0 Å². The number of methoxy groups -OCH3 is 2. The molecule has 1 amide bonds. The first-order valence-electron chi connectivity index (χ1n) is 9.20. The zero-order valence-electron chi connectivity index (χ0n) is 16.6. The summed E-state index contributed by atoms with van der Waals surface area (Å²) in [6.07, 6.45) is 2.61. The van der Waals surface area contributed by atoms with Crippen molar-refractivity contribution in [2.45, 2.75) is 26.8 Å². The molecule has 0 unspecified atom stereocenters. The van der Waals surface area contributed by atoms with E-state index in [1.807, 2.05) is 36.4 Å². The van der Waals surface area contributed by atoms with Crippen LogP contribution in [0.25, 0.3) is 10.9 Å². The largest absolute Gasteiger partial charge is 0.493 e. The van der Waals surface area contributed by atoms with E-state index in [9.17, 15) is 4.79 Å². The highest BCUT2D eigenvalue weighted by Crippen LogP contribution is 2.36.